The summed E-state index contributed by atoms with van der Waals surface area (Å²) in [6.45, 7) is 0. The number of hydrogen-bond acceptors (Lipinski definition) is 4. The Morgan fingerprint density at radius 3 is 2.86 bits per heavy atom. The molecule has 0 aromatic heterocycles. The van der Waals surface area contributed by atoms with E-state index in [1.807, 2.05) is 0 Å². The molecule has 0 aromatic carbocycles. The number of alkyl halides is 2. The summed E-state index contributed by atoms with van der Waals surface area (Å²) in [5.41, 5.74) is 0.780. The Kier molecular flexibility index (Phi) is 4.06. The fraction of sp³-hybridized carbons (Fsp3) is 0.643. The largest absolute Gasteiger partial charge is 0.435 e. The molecule has 21 heavy (non-hydrogen) atoms. The second kappa shape index (κ2) is 5.83. The van der Waals surface area contributed by atoms with Crippen LogP contribution in [0.15, 0.2) is 21.6 Å². The van der Waals surface area contributed by atoms with Gasteiger partial charge in [-0.15, -0.1) is 0 Å². The molecule has 7 heteroatoms. The van der Waals surface area contributed by atoms with Crippen molar-refractivity contribution in [2.24, 2.45) is 21.8 Å². The van der Waals surface area contributed by atoms with Gasteiger partial charge in [-0.3, -0.25) is 0 Å². The lowest BCUT2D eigenvalue weighted by molar-refractivity contribution is -0.145. The Labute approximate surface area is 125 Å². The highest BCUT2D eigenvalue weighted by atomic mass is 35.5. The molecule has 0 bridgehead atoms. The Balaban J connectivity index is 1.75. The molecule has 1 aliphatic carbocycles. The van der Waals surface area contributed by atoms with Crippen molar-refractivity contribution in [2.45, 2.75) is 44.8 Å². The van der Waals surface area contributed by atoms with E-state index in [2.05, 4.69) is 9.98 Å². The molecule has 0 aromatic rings. The predicted octanol–water partition coefficient (Wildman–Crippen LogP) is 3.31. The molecule has 2 aliphatic heterocycles. The Morgan fingerprint density at radius 1 is 1.43 bits per heavy atom. The molecule has 0 saturated heterocycles. The zero-order chi connectivity index (χ0) is 15.0. The summed E-state index contributed by atoms with van der Waals surface area (Å²) in [5, 5.41) is 0.0236. The van der Waals surface area contributed by atoms with Crippen LogP contribution in [0, 0.1) is 11.8 Å². The second-order valence-electron chi connectivity index (χ2n) is 5.58. The number of halogens is 3. The van der Waals surface area contributed by atoms with E-state index >= 15 is 0 Å². The Bertz CT molecular complexity index is 541. The van der Waals surface area contributed by atoms with Crippen LogP contribution in [0.4, 0.5) is 8.78 Å². The molecule has 2 heterocycles. The highest BCUT2D eigenvalue weighted by molar-refractivity contribution is 6.67. The van der Waals surface area contributed by atoms with Crippen LogP contribution in [0.25, 0.3) is 0 Å². The molecule has 0 spiro atoms. The molecule has 2 unspecified atom stereocenters. The molecule has 3 aliphatic rings. The van der Waals surface area contributed by atoms with Gasteiger partial charge in [0.05, 0.1) is 5.92 Å². The number of hydrogen-bond donors (Lipinski definition) is 0. The maximum Gasteiger partial charge on any atom is 0.332 e. The number of aliphatic imine (C=N–C) groups is 2. The van der Waals surface area contributed by atoms with Crippen LogP contribution < -0.4 is 0 Å². The van der Waals surface area contributed by atoms with E-state index < -0.39 is 30.4 Å². The van der Waals surface area contributed by atoms with Crippen molar-refractivity contribution in [3.05, 3.63) is 11.6 Å². The Hall–Kier alpha value is -1.30. The molecule has 4 nitrogen and oxygen atoms in total. The molecular formula is C14H15ClF2N2O2. The van der Waals surface area contributed by atoms with Crippen LogP contribution in [0.5, 0.6) is 0 Å². The van der Waals surface area contributed by atoms with Crippen LogP contribution in [0.1, 0.15) is 32.1 Å². The monoisotopic (exact) mass is 316 g/mol. The fourth-order valence-electron chi connectivity index (χ4n) is 2.69. The second-order valence-corrected chi connectivity index (χ2v) is 5.97. The van der Waals surface area contributed by atoms with Crippen LogP contribution in [-0.4, -0.2) is 29.6 Å². The molecular weight excluding hydrogens is 302 g/mol. The first-order chi connectivity index (χ1) is 10.0. The molecule has 3 rings (SSSR count). The van der Waals surface area contributed by atoms with Crippen molar-refractivity contribution < 1.29 is 18.3 Å². The maximum absolute atomic E-state index is 12.7. The van der Waals surface area contributed by atoms with E-state index in [-0.39, 0.29) is 5.17 Å². The number of amidine groups is 1. The number of carbonyl (C=O) groups excluding carboxylic acids is 1. The average molecular weight is 317 g/mol. The average Bonchev–Trinajstić information content (AvgIpc) is 3.21. The highest BCUT2D eigenvalue weighted by Gasteiger charge is 2.39. The van der Waals surface area contributed by atoms with E-state index in [0.717, 1.165) is 24.3 Å². The van der Waals surface area contributed by atoms with E-state index in [1.54, 1.807) is 0 Å². The number of fused-ring (bicyclic) bond motifs is 1. The van der Waals surface area contributed by atoms with Gasteiger partial charge in [-0.2, -0.15) is 0 Å². The zero-order valence-electron chi connectivity index (χ0n) is 11.3. The SMILES string of the molecule is O=C1C=C(CCCC2CC2)C2C(Cl)=NC(C(F)F)=NC2O1. The van der Waals surface area contributed by atoms with Gasteiger partial charge >= 0.3 is 5.97 Å². The standard InChI is InChI=1S/C14H15ClF2N2O2/c15-11-10-8(3-1-2-7-4-5-7)6-9(20)21-14(10)19-13(18-11)12(16)17/h6-7,10,12,14H,1-5H2. The van der Waals surface area contributed by atoms with Crippen LogP contribution >= 0.6 is 11.6 Å². The van der Waals surface area contributed by atoms with Crippen LogP contribution in [-0.2, 0) is 9.53 Å². The van der Waals surface area contributed by atoms with Crippen molar-refractivity contribution in [1.29, 1.82) is 0 Å². The molecule has 0 radical (unpaired) electrons. The fourth-order valence-corrected chi connectivity index (χ4v) is 3.02. The van der Waals surface area contributed by atoms with Crippen molar-refractivity contribution in [3.63, 3.8) is 0 Å². The molecule has 2 atom stereocenters. The minimum Gasteiger partial charge on any atom is -0.435 e. The summed E-state index contributed by atoms with van der Waals surface area (Å²) in [4.78, 5) is 19.0. The summed E-state index contributed by atoms with van der Waals surface area (Å²) in [7, 11) is 0. The first-order valence-corrected chi connectivity index (χ1v) is 7.43. The molecule has 1 fully saturated rings. The van der Waals surface area contributed by atoms with E-state index in [9.17, 15) is 13.6 Å². The number of carbonyl (C=O) groups is 1. The summed E-state index contributed by atoms with van der Waals surface area (Å²) < 4.78 is 30.4. The number of ether oxygens (including phenoxy) is 1. The van der Waals surface area contributed by atoms with Gasteiger partial charge in [-0.1, -0.05) is 30.9 Å². The van der Waals surface area contributed by atoms with E-state index in [0.29, 0.717) is 6.42 Å². The molecule has 1 saturated carbocycles. The normalized spacial score (nSPS) is 28.6. The summed E-state index contributed by atoms with van der Waals surface area (Å²) >= 11 is 6.03. The molecule has 114 valence electrons. The molecule has 0 N–H and O–H groups in total. The van der Waals surface area contributed by atoms with Gasteiger partial charge in [0.2, 0.25) is 6.23 Å². The third kappa shape index (κ3) is 3.31. The minimum atomic E-state index is -2.83. The van der Waals surface area contributed by atoms with Gasteiger partial charge in [0, 0.05) is 6.08 Å². The van der Waals surface area contributed by atoms with Crippen molar-refractivity contribution in [1.82, 2.24) is 0 Å². The molecule has 0 amide bonds. The first kappa shape index (κ1) is 14.6. The topological polar surface area (TPSA) is 51.0 Å². The quantitative estimate of drug-likeness (QED) is 0.731. The first-order valence-electron chi connectivity index (χ1n) is 7.05. The number of esters is 1. The summed E-state index contributed by atoms with van der Waals surface area (Å²) in [6.07, 6.45) is 2.86. The minimum absolute atomic E-state index is 0.0236. The summed E-state index contributed by atoms with van der Waals surface area (Å²) in [6, 6.07) is 0. The van der Waals surface area contributed by atoms with Crippen molar-refractivity contribution in [3.8, 4) is 0 Å². The van der Waals surface area contributed by atoms with Crippen LogP contribution in [0.3, 0.4) is 0 Å². The smallest absolute Gasteiger partial charge is 0.332 e. The zero-order valence-corrected chi connectivity index (χ0v) is 12.0. The lowest BCUT2D eigenvalue weighted by Gasteiger charge is -2.31. The third-order valence-electron chi connectivity index (χ3n) is 3.93. The van der Waals surface area contributed by atoms with E-state index in [4.69, 9.17) is 16.3 Å². The lowest BCUT2D eigenvalue weighted by Crippen LogP contribution is -2.39. The maximum atomic E-state index is 12.7. The van der Waals surface area contributed by atoms with Gasteiger partial charge in [0.15, 0.2) is 5.84 Å². The lowest BCUT2D eigenvalue weighted by atomic mass is 9.90. The van der Waals surface area contributed by atoms with Gasteiger partial charge < -0.3 is 4.74 Å². The predicted molar refractivity (Wildman–Crippen MR) is 74.8 cm³/mol. The number of rotatable bonds is 5. The Morgan fingerprint density at radius 2 is 2.19 bits per heavy atom. The van der Waals surface area contributed by atoms with Gasteiger partial charge in [0.25, 0.3) is 6.43 Å². The summed E-state index contributed by atoms with van der Waals surface area (Å²) in [5.74, 6) is -0.934. The van der Waals surface area contributed by atoms with E-state index in [1.165, 1.54) is 18.9 Å². The van der Waals surface area contributed by atoms with Gasteiger partial charge in [-0.25, -0.2) is 23.6 Å². The van der Waals surface area contributed by atoms with Crippen LogP contribution in [0.2, 0.25) is 0 Å². The van der Waals surface area contributed by atoms with Gasteiger partial charge in [0.1, 0.15) is 5.17 Å². The highest BCUT2D eigenvalue weighted by Crippen LogP contribution is 2.37. The van der Waals surface area contributed by atoms with Crippen molar-refractivity contribution in [2.75, 3.05) is 0 Å². The van der Waals surface area contributed by atoms with Crippen molar-refractivity contribution >= 4 is 28.6 Å². The third-order valence-corrected chi connectivity index (χ3v) is 4.25. The number of nitrogens with zero attached hydrogens (tertiary/aromatic N) is 2. The van der Waals surface area contributed by atoms with Gasteiger partial charge in [-0.05, 0) is 24.3 Å².